The molecule has 4 rings (SSSR count). The highest BCUT2D eigenvalue weighted by Crippen LogP contribution is 2.76. The van der Waals surface area contributed by atoms with Gasteiger partial charge in [-0.25, -0.2) is 17.6 Å². The monoisotopic (exact) mass is 676 g/mol. The number of aliphatic hydroxyl groups is 1. The van der Waals surface area contributed by atoms with E-state index in [2.05, 4.69) is 6.58 Å². The molecule has 45 heavy (non-hydrogen) atoms. The van der Waals surface area contributed by atoms with Crippen molar-refractivity contribution in [2.45, 2.75) is 76.0 Å². The first-order valence-electron chi connectivity index (χ1n) is 15.4. The number of hydrogen-bond donors (Lipinski definition) is 1. The SMILES string of the molecule is C=CCOCC[C@@H]1C[C@]1(C)P(=O)(Cc1c(F)cccc1F)OCC.CCOP(=O)(Cc1c(F)cccc1F)[C@@]1(C)C[C@H]1CCO. The predicted molar refractivity (Wildman–Crippen MR) is 169 cm³/mol. The summed E-state index contributed by atoms with van der Waals surface area (Å²) in [4.78, 5) is 0. The fourth-order valence-electron chi connectivity index (χ4n) is 6.04. The molecule has 6 atom stereocenters. The van der Waals surface area contributed by atoms with Gasteiger partial charge in [0, 0.05) is 34.7 Å². The fraction of sp³-hybridized carbons (Fsp3) is 0.576. The Balaban J connectivity index is 0.000000248. The second-order valence-electron chi connectivity index (χ2n) is 12.1. The maximum atomic E-state index is 14.0. The minimum absolute atomic E-state index is 0.0143. The number of hydrogen-bond acceptors (Lipinski definition) is 6. The van der Waals surface area contributed by atoms with Crippen molar-refractivity contribution in [3.8, 4) is 0 Å². The molecule has 252 valence electrons. The Labute approximate surface area is 264 Å². The Morgan fingerprint density at radius 2 is 1.22 bits per heavy atom. The number of rotatable bonds is 17. The Bertz CT molecular complexity index is 1370. The summed E-state index contributed by atoms with van der Waals surface area (Å²) >= 11 is 0. The van der Waals surface area contributed by atoms with E-state index in [-0.39, 0.29) is 55.1 Å². The highest BCUT2D eigenvalue weighted by molar-refractivity contribution is 7.60. The van der Waals surface area contributed by atoms with E-state index >= 15 is 0 Å². The number of halogens is 4. The molecule has 2 aliphatic carbocycles. The van der Waals surface area contributed by atoms with Crippen LogP contribution in [0.4, 0.5) is 17.6 Å². The molecule has 0 saturated heterocycles. The fourth-order valence-corrected chi connectivity index (χ4v) is 12.2. The molecule has 0 spiro atoms. The zero-order valence-electron chi connectivity index (χ0n) is 26.6. The molecule has 0 amide bonds. The third kappa shape index (κ3) is 8.57. The molecule has 0 bridgehead atoms. The minimum Gasteiger partial charge on any atom is -0.396 e. The topological polar surface area (TPSA) is 82.1 Å². The third-order valence-electron chi connectivity index (χ3n) is 9.17. The molecule has 6 nitrogen and oxygen atoms in total. The molecule has 0 radical (unpaired) electrons. The van der Waals surface area contributed by atoms with Crippen LogP contribution in [-0.4, -0.2) is 48.5 Å². The van der Waals surface area contributed by atoms with Crippen LogP contribution in [0, 0.1) is 35.1 Å². The Kier molecular flexibility index (Phi) is 13.3. The van der Waals surface area contributed by atoms with Gasteiger partial charge in [-0.2, -0.15) is 0 Å². The van der Waals surface area contributed by atoms with Gasteiger partial charge in [-0.1, -0.05) is 32.1 Å². The van der Waals surface area contributed by atoms with E-state index in [4.69, 9.17) is 18.9 Å². The van der Waals surface area contributed by atoms with Crippen LogP contribution in [0.1, 0.15) is 64.5 Å². The quantitative estimate of drug-likeness (QED) is 0.0780. The van der Waals surface area contributed by atoms with E-state index in [0.29, 0.717) is 26.1 Å². The molecular weight excluding hydrogens is 630 g/mol. The summed E-state index contributed by atoms with van der Waals surface area (Å²) in [5, 5.41) is 7.89. The minimum atomic E-state index is -3.24. The summed E-state index contributed by atoms with van der Waals surface area (Å²) in [7, 11) is -6.48. The van der Waals surface area contributed by atoms with E-state index in [1.165, 1.54) is 24.3 Å². The molecule has 2 aliphatic rings. The highest BCUT2D eigenvalue weighted by atomic mass is 31.2. The third-order valence-corrected chi connectivity index (χ3v) is 16.2. The standard InChI is InChI=1S/C18H25F2O3P.C15H21F2O3P/c1-4-10-22-11-9-14-12-18(14,3)24(21,23-5-2)13-15-16(19)7-6-8-17(15)20;1-3-20-21(19,15(2)9-11(15)7-8-18)10-12-13(16)5-4-6-14(12)17/h4,6-8,14H,1,5,9-13H2,2-3H3;4-6,11,18H,3,7-10H2,1-2H3/t14-,18+,24?;11-,15+,21?/m11/s1. The summed E-state index contributed by atoms with van der Waals surface area (Å²) in [6, 6.07) is 7.28. The first kappa shape index (κ1) is 37.7. The van der Waals surface area contributed by atoms with Gasteiger partial charge < -0.3 is 18.9 Å². The van der Waals surface area contributed by atoms with Crippen molar-refractivity contribution in [3.05, 3.63) is 83.4 Å². The smallest absolute Gasteiger partial charge is 0.213 e. The molecule has 0 aliphatic heterocycles. The van der Waals surface area contributed by atoms with Crippen molar-refractivity contribution >= 4 is 14.7 Å². The van der Waals surface area contributed by atoms with Gasteiger partial charge in [-0.15, -0.1) is 6.58 Å². The summed E-state index contributed by atoms with van der Waals surface area (Å²) < 4.78 is 98.7. The van der Waals surface area contributed by atoms with Gasteiger partial charge in [0.1, 0.15) is 23.3 Å². The lowest BCUT2D eigenvalue weighted by Gasteiger charge is -2.26. The molecule has 2 fully saturated rings. The molecular formula is C33H46F4O6P2. The van der Waals surface area contributed by atoms with E-state index in [9.17, 15) is 26.7 Å². The second-order valence-corrected chi connectivity index (χ2v) is 18.0. The van der Waals surface area contributed by atoms with Gasteiger partial charge in [0.05, 0.1) is 32.1 Å². The summed E-state index contributed by atoms with van der Waals surface area (Å²) in [5.74, 6) is -2.49. The predicted octanol–water partition coefficient (Wildman–Crippen LogP) is 9.09. The van der Waals surface area contributed by atoms with Crippen LogP contribution in [0.25, 0.3) is 0 Å². The first-order chi connectivity index (χ1) is 21.3. The van der Waals surface area contributed by atoms with Crippen LogP contribution in [-0.2, 0) is 35.2 Å². The Morgan fingerprint density at radius 3 is 1.58 bits per heavy atom. The number of aliphatic hydroxyl groups excluding tert-OH is 1. The molecule has 0 aromatic heterocycles. The Hall–Kier alpha value is -1.80. The van der Waals surface area contributed by atoms with E-state index in [1.807, 2.05) is 13.8 Å². The van der Waals surface area contributed by atoms with Gasteiger partial charge in [-0.05, 0) is 75.6 Å². The van der Waals surface area contributed by atoms with Crippen LogP contribution in [0.15, 0.2) is 49.1 Å². The van der Waals surface area contributed by atoms with Crippen LogP contribution >= 0.6 is 14.7 Å². The van der Waals surface area contributed by atoms with Crippen LogP contribution in [0.2, 0.25) is 0 Å². The van der Waals surface area contributed by atoms with Crippen LogP contribution in [0.3, 0.4) is 0 Å². The summed E-state index contributed by atoms with van der Waals surface area (Å²) in [5.41, 5.74) is -0.325. The van der Waals surface area contributed by atoms with Crippen molar-refractivity contribution < 1.29 is 45.6 Å². The van der Waals surface area contributed by atoms with Crippen LogP contribution in [0.5, 0.6) is 0 Å². The lowest BCUT2D eigenvalue weighted by atomic mass is 10.2. The zero-order chi connectivity index (χ0) is 33.5. The summed E-state index contributed by atoms with van der Waals surface area (Å²) in [6.07, 6.45) is 3.89. The first-order valence-corrected chi connectivity index (χ1v) is 19.0. The van der Waals surface area contributed by atoms with E-state index in [1.54, 1.807) is 19.9 Å². The van der Waals surface area contributed by atoms with Crippen molar-refractivity contribution in [1.82, 2.24) is 0 Å². The van der Waals surface area contributed by atoms with Crippen molar-refractivity contribution in [2.24, 2.45) is 11.8 Å². The van der Waals surface area contributed by atoms with Gasteiger partial charge in [-0.3, -0.25) is 9.13 Å². The van der Waals surface area contributed by atoms with Gasteiger partial charge in [0.15, 0.2) is 0 Å². The number of ether oxygens (including phenoxy) is 1. The molecule has 2 unspecified atom stereocenters. The Morgan fingerprint density at radius 1 is 0.822 bits per heavy atom. The van der Waals surface area contributed by atoms with Crippen molar-refractivity contribution in [1.29, 1.82) is 0 Å². The maximum Gasteiger partial charge on any atom is 0.213 e. The summed E-state index contributed by atoms with van der Waals surface area (Å²) in [6.45, 7) is 12.3. The van der Waals surface area contributed by atoms with Gasteiger partial charge in [0.2, 0.25) is 14.7 Å². The van der Waals surface area contributed by atoms with Crippen molar-refractivity contribution in [2.75, 3.05) is 33.0 Å². The molecule has 1 N–H and O–H groups in total. The van der Waals surface area contributed by atoms with E-state index < -0.39 is 48.3 Å². The molecule has 2 aromatic rings. The lowest BCUT2D eigenvalue weighted by Crippen LogP contribution is -2.15. The molecule has 2 saturated carbocycles. The average molecular weight is 677 g/mol. The molecule has 12 heteroatoms. The maximum absolute atomic E-state index is 14.0. The lowest BCUT2D eigenvalue weighted by molar-refractivity contribution is 0.154. The van der Waals surface area contributed by atoms with Gasteiger partial charge in [0.25, 0.3) is 0 Å². The van der Waals surface area contributed by atoms with Crippen LogP contribution < -0.4 is 0 Å². The van der Waals surface area contributed by atoms with E-state index in [0.717, 1.165) is 25.0 Å². The largest absolute Gasteiger partial charge is 0.396 e. The average Bonchev–Trinajstić information content (AvgIpc) is 3.87. The normalized spacial score (nSPS) is 26.2. The number of benzene rings is 2. The second kappa shape index (κ2) is 15.9. The highest BCUT2D eigenvalue weighted by Gasteiger charge is 2.63. The molecule has 0 heterocycles. The van der Waals surface area contributed by atoms with Crippen molar-refractivity contribution in [3.63, 3.8) is 0 Å². The molecule has 2 aromatic carbocycles. The zero-order valence-corrected chi connectivity index (χ0v) is 28.4. The van der Waals surface area contributed by atoms with Gasteiger partial charge >= 0.3 is 0 Å².